The van der Waals surface area contributed by atoms with Crippen LogP contribution < -0.4 is 5.32 Å². The van der Waals surface area contributed by atoms with Crippen LogP contribution in [0.4, 0.5) is 10.5 Å². The highest BCUT2D eigenvalue weighted by atomic mass is 32.2. The van der Waals surface area contributed by atoms with Gasteiger partial charge in [0.1, 0.15) is 11.0 Å². The number of amides is 1. The maximum absolute atomic E-state index is 12.0. The summed E-state index contributed by atoms with van der Waals surface area (Å²) in [5, 5.41) is 13.8. The molecule has 0 saturated carbocycles. The molecule has 1 aromatic heterocycles. The van der Waals surface area contributed by atoms with Crippen LogP contribution in [0.1, 0.15) is 26.3 Å². The molecule has 1 aromatic carbocycles. The molecular weight excluding hydrogens is 322 g/mol. The third-order valence-electron chi connectivity index (χ3n) is 2.97. The van der Waals surface area contributed by atoms with E-state index in [1.54, 1.807) is 12.4 Å². The number of thioether (sulfide) groups is 1. The van der Waals surface area contributed by atoms with Crippen molar-refractivity contribution < 1.29 is 9.53 Å². The SMILES string of the molecule is Cc1cc(NC(=O)OC(C)(C)C)cc(-c2ccncc2SC#N)c1. The summed E-state index contributed by atoms with van der Waals surface area (Å²) < 4.78 is 5.28. The topological polar surface area (TPSA) is 75.0 Å². The third kappa shape index (κ3) is 5.00. The first-order valence-corrected chi connectivity index (χ1v) is 8.22. The van der Waals surface area contributed by atoms with Gasteiger partial charge in [-0.3, -0.25) is 10.3 Å². The van der Waals surface area contributed by atoms with E-state index in [1.165, 1.54) is 0 Å². The van der Waals surface area contributed by atoms with E-state index in [-0.39, 0.29) is 0 Å². The van der Waals surface area contributed by atoms with Crippen molar-refractivity contribution in [2.75, 3.05) is 5.32 Å². The summed E-state index contributed by atoms with van der Waals surface area (Å²) in [4.78, 5) is 16.8. The summed E-state index contributed by atoms with van der Waals surface area (Å²) in [7, 11) is 0. The first-order valence-electron chi connectivity index (χ1n) is 7.40. The van der Waals surface area contributed by atoms with Gasteiger partial charge in [0.2, 0.25) is 0 Å². The van der Waals surface area contributed by atoms with E-state index in [0.717, 1.165) is 33.3 Å². The Bertz CT molecular complexity index is 792. The lowest BCUT2D eigenvalue weighted by molar-refractivity contribution is 0.0636. The molecule has 0 aliphatic carbocycles. The number of carbonyl (C=O) groups is 1. The number of ether oxygens (including phenoxy) is 1. The largest absolute Gasteiger partial charge is 0.444 e. The second-order valence-corrected chi connectivity index (χ2v) is 7.11. The lowest BCUT2D eigenvalue weighted by Gasteiger charge is -2.20. The Morgan fingerprint density at radius 3 is 2.75 bits per heavy atom. The van der Waals surface area contributed by atoms with Gasteiger partial charge in [-0.05, 0) is 74.3 Å². The van der Waals surface area contributed by atoms with Crippen LogP contribution in [0.2, 0.25) is 0 Å². The predicted molar refractivity (Wildman–Crippen MR) is 95.7 cm³/mol. The quantitative estimate of drug-likeness (QED) is 0.629. The molecule has 0 aliphatic rings. The van der Waals surface area contributed by atoms with E-state index in [1.807, 2.05) is 52.0 Å². The zero-order valence-electron chi connectivity index (χ0n) is 14.1. The Morgan fingerprint density at radius 1 is 1.33 bits per heavy atom. The van der Waals surface area contributed by atoms with E-state index < -0.39 is 11.7 Å². The summed E-state index contributed by atoms with van der Waals surface area (Å²) in [6, 6.07) is 7.57. The number of nitriles is 1. The molecule has 0 atom stereocenters. The predicted octanol–water partition coefficient (Wildman–Crippen LogP) is 4.98. The Kier molecular flexibility index (Phi) is 5.47. The van der Waals surface area contributed by atoms with Crippen LogP contribution in [0.3, 0.4) is 0 Å². The number of carbonyl (C=O) groups excluding carboxylic acids is 1. The van der Waals surface area contributed by atoms with Gasteiger partial charge < -0.3 is 4.74 Å². The first-order chi connectivity index (χ1) is 11.3. The highest BCUT2D eigenvalue weighted by molar-refractivity contribution is 8.03. The minimum Gasteiger partial charge on any atom is -0.444 e. The number of aromatic nitrogens is 1. The zero-order valence-corrected chi connectivity index (χ0v) is 14.9. The lowest BCUT2D eigenvalue weighted by Crippen LogP contribution is -2.27. The van der Waals surface area contributed by atoms with Gasteiger partial charge in [0, 0.05) is 23.0 Å². The average molecular weight is 341 g/mol. The van der Waals surface area contributed by atoms with Gasteiger partial charge in [-0.1, -0.05) is 6.07 Å². The summed E-state index contributed by atoms with van der Waals surface area (Å²) in [5.74, 6) is 0. The van der Waals surface area contributed by atoms with Crippen LogP contribution in [0, 0.1) is 17.6 Å². The zero-order chi connectivity index (χ0) is 17.7. The number of hydrogen-bond acceptors (Lipinski definition) is 5. The summed E-state index contributed by atoms with van der Waals surface area (Å²) in [6.45, 7) is 7.39. The third-order valence-corrected chi connectivity index (χ3v) is 3.61. The van der Waals surface area contributed by atoms with Gasteiger partial charge in [0.05, 0.1) is 0 Å². The minimum atomic E-state index is -0.557. The fourth-order valence-corrected chi connectivity index (χ4v) is 2.69. The minimum absolute atomic E-state index is 0.500. The van der Waals surface area contributed by atoms with Crippen molar-refractivity contribution in [3.05, 3.63) is 42.2 Å². The van der Waals surface area contributed by atoms with Crippen molar-refractivity contribution in [3.8, 4) is 16.5 Å². The van der Waals surface area contributed by atoms with Crippen molar-refractivity contribution in [1.82, 2.24) is 4.98 Å². The van der Waals surface area contributed by atoms with Crippen LogP contribution in [-0.4, -0.2) is 16.7 Å². The second kappa shape index (κ2) is 7.37. The van der Waals surface area contributed by atoms with E-state index in [2.05, 4.69) is 15.7 Å². The Labute approximate surface area is 146 Å². The van der Waals surface area contributed by atoms with E-state index in [9.17, 15) is 4.79 Å². The number of rotatable bonds is 3. The van der Waals surface area contributed by atoms with E-state index >= 15 is 0 Å². The maximum Gasteiger partial charge on any atom is 0.412 e. The van der Waals surface area contributed by atoms with Crippen LogP contribution in [0.25, 0.3) is 11.1 Å². The molecule has 24 heavy (non-hydrogen) atoms. The Morgan fingerprint density at radius 2 is 2.08 bits per heavy atom. The highest BCUT2D eigenvalue weighted by Crippen LogP contribution is 2.32. The van der Waals surface area contributed by atoms with Gasteiger partial charge in [-0.15, -0.1) is 0 Å². The van der Waals surface area contributed by atoms with Crippen LogP contribution in [0.15, 0.2) is 41.6 Å². The summed E-state index contributed by atoms with van der Waals surface area (Å²) in [6.07, 6.45) is 2.84. The van der Waals surface area contributed by atoms with Crippen molar-refractivity contribution in [3.63, 3.8) is 0 Å². The molecular formula is C18H19N3O2S. The maximum atomic E-state index is 12.0. The molecule has 1 N–H and O–H groups in total. The van der Waals surface area contributed by atoms with Crippen LogP contribution >= 0.6 is 11.8 Å². The number of pyridine rings is 1. The monoisotopic (exact) mass is 341 g/mol. The van der Waals surface area contributed by atoms with Gasteiger partial charge in [0.25, 0.3) is 0 Å². The molecule has 6 heteroatoms. The van der Waals surface area contributed by atoms with Gasteiger partial charge in [-0.2, -0.15) is 5.26 Å². The molecule has 2 aromatic rings. The smallest absolute Gasteiger partial charge is 0.412 e. The Hall–Kier alpha value is -2.52. The lowest BCUT2D eigenvalue weighted by atomic mass is 10.0. The standard InChI is InChI=1S/C18H19N3O2S/c1-12-7-13(15-5-6-20-10-16(15)24-11-19)9-14(8-12)21-17(22)23-18(2,3)4/h5-10H,1-4H3,(H,21,22). The molecule has 0 fully saturated rings. The average Bonchev–Trinajstić information content (AvgIpc) is 2.45. The number of nitrogens with zero attached hydrogens (tertiary/aromatic N) is 2. The molecule has 0 spiro atoms. The second-order valence-electron chi connectivity index (χ2n) is 6.28. The molecule has 0 saturated heterocycles. The summed E-state index contributed by atoms with van der Waals surface area (Å²) in [5.41, 5.74) is 2.87. The number of nitrogens with one attached hydrogen (secondary N) is 1. The van der Waals surface area contributed by atoms with Crippen LogP contribution in [0.5, 0.6) is 0 Å². The van der Waals surface area contributed by atoms with Crippen molar-refractivity contribution >= 4 is 23.5 Å². The van der Waals surface area contributed by atoms with Gasteiger partial charge in [0.15, 0.2) is 0 Å². The first kappa shape index (κ1) is 17.8. The van der Waals surface area contributed by atoms with Crippen molar-refractivity contribution in [2.24, 2.45) is 0 Å². The fourth-order valence-electron chi connectivity index (χ4n) is 2.18. The fraction of sp³-hybridized carbons (Fsp3) is 0.278. The molecule has 0 aliphatic heterocycles. The molecule has 124 valence electrons. The molecule has 0 bridgehead atoms. The molecule has 1 heterocycles. The summed E-state index contributed by atoms with van der Waals surface area (Å²) >= 11 is 1.06. The highest BCUT2D eigenvalue weighted by Gasteiger charge is 2.16. The molecule has 1 amide bonds. The van der Waals surface area contributed by atoms with E-state index in [4.69, 9.17) is 10.00 Å². The Balaban J connectivity index is 2.33. The van der Waals surface area contributed by atoms with Gasteiger partial charge in [-0.25, -0.2) is 4.79 Å². The molecule has 0 unspecified atom stereocenters. The number of anilines is 1. The number of benzene rings is 1. The normalized spacial score (nSPS) is 10.8. The molecule has 2 rings (SSSR count). The van der Waals surface area contributed by atoms with Gasteiger partial charge >= 0.3 is 6.09 Å². The van der Waals surface area contributed by atoms with Crippen LogP contribution in [-0.2, 0) is 4.74 Å². The number of hydrogen-bond donors (Lipinski definition) is 1. The van der Waals surface area contributed by atoms with Crippen molar-refractivity contribution in [2.45, 2.75) is 38.2 Å². The number of thiocyanates is 1. The molecule has 0 radical (unpaired) electrons. The van der Waals surface area contributed by atoms with Crippen molar-refractivity contribution in [1.29, 1.82) is 5.26 Å². The van der Waals surface area contributed by atoms with E-state index in [0.29, 0.717) is 5.69 Å². The number of aryl methyl sites for hydroxylation is 1. The molecule has 5 nitrogen and oxygen atoms in total.